The first-order valence-electron chi connectivity index (χ1n) is 9.20. The maximum atomic E-state index is 12.3. The highest BCUT2D eigenvalue weighted by atomic mass is 32.1. The van der Waals surface area contributed by atoms with Crippen molar-refractivity contribution in [3.63, 3.8) is 0 Å². The molecule has 1 fully saturated rings. The maximum Gasteiger partial charge on any atom is 0.223 e. The lowest BCUT2D eigenvalue weighted by Gasteiger charge is -2.33. The van der Waals surface area contributed by atoms with Crippen LogP contribution in [0.5, 0.6) is 0 Å². The fraction of sp³-hybridized carbons (Fsp3) is 0.722. The Bertz CT molecular complexity index is 635. The van der Waals surface area contributed by atoms with E-state index in [4.69, 9.17) is 4.98 Å². The summed E-state index contributed by atoms with van der Waals surface area (Å²) in [5, 5.41) is 4.12. The summed E-state index contributed by atoms with van der Waals surface area (Å²) in [6.45, 7) is 9.80. The molecule has 2 heterocycles. The van der Waals surface area contributed by atoms with Crippen molar-refractivity contribution < 1.29 is 9.59 Å². The fourth-order valence-electron chi connectivity index (χ4n) is 3.38. The molecule has 25 heavy (non-hydrogen) atoms. The molecule has 1 atom stereocenters. The number of piperazine rings is 1. The van der Waals surface area contributed by atoms with Crippen LogP contribution >= 0.6 is 11.3 Å². The van der Waals surface area contributed by atoms with E-state index >= 15 is 0 Å². The number of rotatable bonds is 4. The molecular formula is C18H28N4O2S. The van der Waals surface area contributed by atoms with Gasteiger partial charge in [0.05, 0.1) is 5.69 Å². The van der Waals surface area contributed by atoms with Crippen molar-refractivity contribution in [2.45, 2.75) is 40.0 Å². The summed E-state index contributed by atoms with van der Waals surface area (Å²) in [5.41, 5.74) is 1.17. The molecule has 6 nitrogen and oxygen atoms in total. The standard InChI is InChI=1S/C18H28N4O2S/c1-12(2)11-19-17(24)14-4-5-15-16(10-14)25-18(20-15)22-8-6-21(7-9-22)13(3)23/h12,14H,4-11H2,1-3H3,(H,19,24)/t14-/m1/s1. The number of thiazole rings is 1. The summed E-state index contributed by atoms with van der Waals surface area (Å²) in [6.07, 6.45) is 2.58. The molecule has 0 unspecified atom stereocenters. The Balaban J connectivity index is 1.60. The Morgan fingerprint density at radius 1 is 1.28 bits per heavy atom. The van der Waals surface area contributed by atoms with Crippen molar-refractivity contribution in [2.24, 2.45) is 11.8 Å². The number of nitrogens with zero attached hydrogens (tertiary/aromatic N) is 3. The van der Waals surface area contributed by atoms with Gasteiger partial charge >= 0.3 is 0 Å². The molecule has 1 N–H and O–H groups in total. The Labute approximate surface area is 153 Å². The monoisotopic (exact) mass is 364 g/mol. The highest BCUT2D eigenvalue weighted by Crippen LogP contribution is 2.34. The second-order valence-corrected chi connectivity index (χ2v) is 8.50. The van der Waals surface area contributed by atoms with E-state index in [1.165, 1.54) is 10.6 Å². The number of amides is 2. The van der Waals surface area contributed by atoms with Crippen LogP contribution in [0.2, 0.25) is 0 Å². The normalized spacial score (nSPS) is 20.6. The van der Waals surface area contributed by atoms with Gasteiger partial charge in [-0.05, 0) is 25.2 Å². The van der Waals surface area contributed by atoms with Gasteiger partial charge in [0.1, 0.15) is 0 Å². The Kier molecular flexibility index (Phi) is 5.61. The molecular weight excluding hydrogens is 336 g/mol. The zero-order valence-corrected chi connectivity index (χ0v) is 16.2. The topological polar surface area (TPSA) is 65.5 Å². The third kappa shape index (κ3) is 4.32. The minimum atomic E-state index is 0.0779. The van der Waals surface area contributed by atoms with Crippen molar-refractivity contribution in [3.05, 3.63) is 10.6 Å². The van der Waals surface area contributed by atoms with Crippen molar-refractivity contribution in [3.8, 4) is 0 Å². The Hall–Kier alpha value is -1.63. The lowest BCUT2D eigenvalue weighted by atomic mass is 9.90. The van der Waals surface area contributed by atoms with E-state index in [1.54, 1.807) is 18.3 Å². The van der Waals surface area contributed by atoms with Crippen LogP contribution in [0.25, 0.3) is 0 Å². The van der Waals surface area contributed by atoms with Gasteiger partial charge < -0.3 is 15.1 Å². The molecule has 2 aliphatic rings. The van der Waals surface area contributed by atoms with Gasteiger partial charge in [-0.15, -0.1) is 11.3 Å². The number of carbonyl (C=O) groups excluding carboxylic acids is 2. The first-order chi connectivity index (χ1) is 11.9. The van der Waals surface area contributed by atoms with Crippen LogP contribution in [0.15, 0.2) is 0 Å². The van der Waals surface area contributed by atoms with E-state index in [1.807, 2.05) is 4.90 Å². The summed E-state index contributed by atoms with van der Waals surface area (Å²) >= 11 is 1.73. The van der Waals surface area contributed by atoms with Crippen LogP contribution in [-0.4, -0.2) is 54.4 Å². The molecule has 7 heteroatoms. The van der Waals surface area contributed by atoms with Crippen LogP contribution in [0.3, 0.4) is 0 Å². The van der Waals surface area contributed by atoms with Gasteiger partial charge in [0, 0.05) is 50.4 Å². The highest BCUT2D eigenvalue weighted by molar-refractivity contribution is 7.15. The average molecular weight is 365 g/mol. The van der Waals surface area contributed by atoms with Gasteiger partial charge in [-0.3, -0.25) is 9.59 Å². The third-order valence-corrected chi connectivity index (χ3v) is 6.16. The molecule has 3 rings (SSSR count). The van der Waals surface area contributed by atoms with Gasteiger partial charge in [0.25, 0.3) is 0 Å². The Morgan fingerprint density at radius 2 is 2.00 bits per heavy atom. The number of anilines is 1. The first kappa shape index (κ1) is 18.2. The molecule has 2 amide bonds. The van der Waals surface area contributed by atoms with Crippen LogP contribution in [0.1, 0.15) is 37.8 Å². The van der Waals surface area contributed by atoms with Crippen LogP contribution in [-0.2, 0) is 22.4 Å². The molecule has 1 saturated heterocycles. The second kappa shape index (κ2) is 7.72. The quantitative estimate of drug-likeness (QED) is 0.883. The minimum Gasteiger partial charge on any atom is -0.356 e. The van der Waals surface area contributed by atoms with Gasteiger partial charge in [0.2, 0.25) is 11.8 Å². The molecule has 1 aromatic rings. The summed E-state index contributed by atoms with van der Waals surface area (Å²) in [6, 6.07) is 0. The highest BCUT2D eigenvalue weighted by Gasteiger charge is 2.29. The Morgan fingerprint density at radius 3 is 2.64 bits per heavy atom. The van der Waals surface area contributed by atoms with E-state index in [-0.39, 0.29) is 17.7 Å². The zero-order chi connectivity index (χ0) is 18.0. The van der Waals surface area contributed by atoms with Crippen LogP contribution in [0.4, 0.5) is 5.13 Å². The average Bonchev–Trinajstić information content (AvgIpc) is 3.02. The smallest absolute Gasteiger partial charge is 0.223 e. The zero-order valence-electron chi connectivity index (χ0n) is 15.4. The number of nitrogens with one attached hydrogen (secondary N) is 1. The minimum absolute atomic E-state index is 0.0779. The summed E-state index contributed by atoms with van der Waals surface area (Å²) in [4.78, 5) is 34.0. The largest absolute Gasteiger partial charge is 0.356 e. The van der Waals surface area contributed by atoms with Crippen LogP contribution < -0.4 is 10.2 Å². The number of aromatic nitrogens is 1. The number of hydrogen-bond acceptors (Lipinski definition) is 5. The second-order valence-electron chi connectivity index (χ2n) is 7.44. The van der Waals surface area contributed by atoms with Gasteiger partial charge in [-0.25, -0.2) is 4.98 Å². The fourth-order valence-corrected chi connectivity index (χ4v) is 4.62. The molecule has 1 aliphatic carbocycles. The van der Waals surface area contributed by atoms with Gasteiger partial charge in [0.15, 0.2) is 5.13 Å². The molecule has 0 saturated carbocycles. The number of carbonyl (C=O) groups is 2. The summed E-state index contributed by atoms with van der Waals surface area (Å²) in [7, 11) is 0. The third-order valence-electron chi connectivity index (χ3n) is 4.98. The molecule has 1 aromatic heterocycles. The van der Waals surface area contributed by atoms with Crippen molar-refractivity contribution in [1.29, 1.82) is 0 Å². The van der Waals surface area contributed by atoms with Crippen molar-refractivity contribution in [1.82, 2.24) is 15.2 Å². The predicted molar refractivity (Wildman–Crippen MR) is 99.9 cm³/mol. The van der Waals surface area contributed by atoms with Crippen molar-refractivity contribution in [2.75, 3.05) is 37.6 Å². The van der Waals surface area contributed by atoms with Gasteiger partial charge in [-0.2, -0.15) is 0 Å². The van der Waals surface area contributed by atoms with Crippen LogP contribution in [0, 0.1) is 11.8 Å². The van der Waals surface area contributed by atoms with Gasteiger partial charge in [-0.1, -0.05) is 13.8 Å². The molecule has 0 radical (unpaired) electrons. The van der Waals surface area contributed by atoms with E-state index in [0.717, 1.165) is 57.1 Å². The van der Waals surface area contributed by atoms with Crippen molar-refractivity contribution >= 4 is 28.3 Å². The van der Waals surface area contributed by atoms with E-state index in [0.29, 0.717) is 5.92 Å². The lowest BCUT2D eigenvalue weighted by molar-refractivity contribution is -0.129. The molecule has 0 bridgehead atoms. The maximum absolute atomic E-state index is 12.3. The van der Waals surface area contributed by atoms with E-state index in [2.05, 4.69) is 24.1 Å². The molecule has 1 aliphatic heterocycles. The molecule has 138 valence electrons. The summed E-state index contributed by atoms with van der Waals surface area (Å²) < 4.78 is 0. The molecule has 0 aromatic carbocycles. The SMILES string of the molecule is CC(=O)N1CCN(c2nc3c(s2)C[C@H](C(=O)NCC(C)C)CC3)CC1. The summed E-state index contributed by atoms with van der Waals surface area (Å²) in [5.74, 6) is 0.888. The van der Waals surface area contributed by atoms with E-state index < -0.39 is 0 Å². The number of fused-ring (bicyclic) bond motifs is 1. The van der Waals surface area contributed by atoms with E-state index in [9.17, 15) is 9.59 Å². The first-order valence-corrected chi connectivity index (χ1v) is 10.0. The lowest BCUT2D eigenvalue weighted by Crippen LogP contribution is -2.48. The number of aryl methyl sites for hydroxylation is 1. The molecule has 0 spiro atoms. The number of hydrogen-bond donors (Lipinski definition) is 1. The predicted octanol–water partition coefficient (Wildman–Crippen LogP) is 1.69.